The Morgan fingerprint density at radius 1 is 1.36 bits per heavy atom. The van der Waals surface area contributed by atoms with Gasteiger partial charge in [-0.1, -0.05) is 4.79 Å². The number of nitrogens with one attached hydrogen (secondary N) is 1. The largest absolute Gasteiger partial charge is 0.453 e. The van der Waals surface area contributed by atoms with E-state index in [9.17, 15) is 14.1 Å². The Labute approximate surface area is 138 Å². The smallest absolute Gasteiger partial charge is 0.411 e. The lowest BCUT2D eigenvalue weighted by Gasteiger charge is -2.09. The number of amides is 1. The minimum Gasteiger partial charge on any atom is -0.453 e. The third kappa shape index (κ3) is 2.73. The van der Waals surface area contributed by atoms with E-state index in [0.29, 0.717) is 4.79 Å². The first-order chi connectivity index (χ1) is 11.9. The van der Waals surface area contributed by atoms with Gasteiger partial charge in [-0.15, -0.1) is 10.0 Å². The third-order valence-electron chi connectivity index (χ3n) is 3.14. The lowest BCUT2D eigenvalue weighted by molar-refractivity contribution is 0.187. The number of nitrogens with zero attached hydrogens (tertiary/aromatic N) is 6. The number of anilines is 3. The van der Waals surface area contributed by atoms with E-state index >= 15 is 0 Å². The van der Waals surface area contributed by atoms with Gasteiger partial charge in [0.05, 0.1) is 24.0 Å². The molecule has 0 saturated carbocycles. The van der Waals surface area contributed by atoms with Crippen molar-refractivity contribution >= 4 is 34.4 Å². The number of nitroso groups, excluding NO2 is 1. The van der Waals surface area contributed by atoms with Crippen LogP contribution in [0.3, 0.4) is 0 Å². The van der Waals surface area contributed by atoms with Crippen LogP contribution in [0.25, 0.3) is 22.6 Å². The Balaban J connectivity index is 2.17. The molecule has 5 N–H and O–H groups in total. The van der Waals surface area contributed by atoms with E-state index in [0.717, 1.165) is 19.4 Å². The van der Waals surface area contributed by atoms with Gasteiger partial charge in [0.1, 0.15) is 17.2 Å². The summed E-state index contributed by atoms with van der Waals surface area (Å²) < 4.78 is 17.9. The summed E-state index contributed by atoms with van der Waals surface area (Å²) in [5.41, 5.74) is 11.5. The normalized spacial score (nSPS) is 10.6. The molecule has 0 spiro atoms. The number of hydrogen-bond acceptors (Lipinski definition) is 10. The Morgan fingerprint density at radius 2 is 2.04 bits per heavy atom. The summed E-state index contributed by atoms with van der Waals surface area (Å²) in [5.74, 6) is -1.13. The summed E-state index contributed by atoms with van der Waals surface area (Å²) in [7, 11) is 1.16. The van der Waals surface area contributed by atoms with Crippen molar-refractivity contribution in [2.24, 2.45) is 5.29 Å². The number of aromatic nitrogens is 5. The predicted molar refractivity (Wildman–Crippen MR) is 84.6 cm³/mol. The maximum Gasteiger partial charge on any atom is 0.411 e. The summed E-state index contributed by atoms with van der Waals surface area (Å²) in [6.45, 7) is 0. The minimum absolute atomic E-state index is 0.00362. The van der Waals surface area contributed by atoms with Crippen LogP contribution in [0.15, 0.2) is 17.5 Å². The fourth-order valence-electron chi connectivity index (χ4n) is 2.07. The topological polar surface area (TPSA) is 176 Å². The van der Waals surface area contributed by atoms with Crippen molar-refractivity contribution < 1.29 is 13.9 Å². The number of halogens is 1. The Kier molecular flexibility index (Phi) is 3.80. The number of pyridine rings is 1. The van der Waals surface area contributed by atoms with Crippen LogP contribution in [0.4, 0.5) is 26.5 Å². The van der Waals surface area contributed by atoms with Gasteiger partial charge in [-0.05, 0) is 6.07 Å². The van der Waals surface area contributed by atoms with Crippen LogP contribution in [0, 0.1) is 10.7 Å². The summed E-state index contributed by atoms with van der Waals surface area (Å²) in [5, 5.41) is 8.93. The van der Waals surface area contributed by atoms with E-state index in [-0.39, 0.29) is 39.9 Å². The molecule has 128 valence electrons. The Bertz CT molecular complexity index is 980. The van der Waals surface area contributed by atoms with Crippen molar-refractivity contribution in [1.82, 2.24) is 24.8 Å². The molecule has 3 heterocycles. The van der Waals surface area contributed by atoms with Crippen molar-refractivity contribution in [3.05, 3.63) is 23.0 Å². The second-order valence-electron chi connectivity index (χ2n) is 4.65. The molecule has 0 saturated heterocycles. The molecule has 3 rings (SSSR count). The first kappa shape index (κ1) is 16.0. The van der Waals surface area contributed by atoms with Crippen LogP contribution < -0.4 is 16.8 Å². The highest BCUT2D eigenvalue weighted by atomic mass is 19.1. The fraction of sp³-hybridized carbons (Fsp3) is 0.0833. The van der Waals surface area contributed by atoms with Gasteiger partial charge in [-0.25, -0.2) is 24.1 Å². The molecule has 0 fully saturated rings. The number of hydrogen-bond donors (Lipinski definition) is 3. The zero-order chi connectivity index (χ0) is 18.1. The average Bonchev–Trinajstić information content (AvgIpc) is 2.95. The molecule has 12 nitrogen and oxygen atoms in total. The number of nitrogen functional groups attached to an aromatic ring is 2. The SMILES string of the molecule is COC(=O)Nc1c(N)nc(-c2nn(N=O)c3ncc(F)cc23)nc1N. The number of carbonyl (C=O) groups excluding carboxylic acids is 1. The molecule has 3 aromatic heterocycles. The molecule has 0 atom stereocenters. The molecule has 25 heavy (non-hydrogen) atoms. The van der Waals surface area contributed by atoms with Gasteiger partial charge in [0, 0.05) is 0 Å². The van der Waals surface area contributed by atoms with Crippen LogP contribution in [0.2, 0.25) is 0 Å². The van der Waals surface area contributed by atoms with Gasteiger partial charge in [0.2, 0.25) is 0 Å². The molecule has 1 amide bonds. The van der Waals surface area contributed by atoms with Gasteiger partial charge in [-0.3, -0.25) is 5.32 Å². The third-order valence-corrected chi connectivity index (χ3v) is 3.14. The van der Waals surface area contributed by atoms with E-state index in [2.05, 4.69) is 35.4 Å². The summed E-state index contributed by atoms with van der Waals surface area (Å²) in [6.07, 6.45) is 0.0866. The molecule has 13 heteroatoms. The van der Waals surface area contributed by atoms with Crippen LogP contribution in [-0.4, -0.2) is 38.0 Å². The molecule has 0 aliphatic rings. The van der Waals surface area contributed by atoms with Gasteiger partial charge < -0.3 is 16.2 Å². The molecule has 0 aromatic carbocycles. The summed E-state index contributed by atoms with van der Waals surface area (Å²) in [4.78, 5) is 34.5. The molecule has 0 aliphatic heterocycles. The molecule has 0 unspecified atom stereocenters. The molecule has 3 aromatic rings. The van der Waals surface area contributed by atoms with Crippen LogP contribution in [-0.2, 0) is 4.74 Å². The highest BCUT2D eigenvalue weighted by molar-refractivity contribution is 5.94. The highest BCUT2D eigenvalue weighted by Gasteiger charge is 2.20. The average molecular weight is 347 g/mol. The maximum absolute atomic E-state index is 13.5. The molecule has 0 radical (unpaired) electrons. The zero-order valence-electron chi connectivity index (χ0n) is 12.6. The monoisotopic (exact) mass is 347 g/mol. The van der Waals surface area contributed by atoms with Crippen molar-refractivity contribution in [2.45, 2.75) is 0 Å². The van der Waals surface area contributed by atoms with Crippen molar-refractivity contribution in [3.63, 3.8) is 0 Å². The number of rotatable bonds is 3. The standard InChI is InChI=1S/C12H10FN9O3/c1-25-12(23)17-7-8(14)18-10(19-9(7)15)6-5-2-4(13)3-16-11(5)22(20-6)21-24/h2-3H,1H3,(H,17,23)(H4,14,15,18,19). The molecular formula is C12H10FN9O3. The van der Waals surface area contributed by atoms with Crippen molar-refractivity contribution in [1.29, 1.82) is 0 Å². The maximum atomic E-state index is 13.5. The summed E-state index contributed by atoms with van der Waals surface area (Å²) in [6, 6.07) is 1.09. The number of carbonyl (C=O) groups is 1. The van der Waals surface area contributed by atoms with E-state index in [1.807, 2.05) is 0 Å². The second-order valence-corrected chi connectivity index (χ2v) is 4.65. The number of ether oxygens (including phenoxy) is 1. The molecule has 0 bridgehead atoms. The lowest BCUT2D eigenvalue weighted by Crippen LogP contribution is -2.16. The first-order valence-electron chi connectivity index (χ1n) is 6.60. The highest BCUT2D eigenvalue weighted by Crippen LogP contribution is 2.30. The van der Waals surface area contributed by atoms with Gasteiger partial charge >= 0.3 is 6.09 Å². The minimum atomic E-state index is -0.819. The summed E-state index contributed by atoms with van der Waals surface area (Å²) >= 11 is 0. The fourth-order valence-corrected chi connectivity index (χ4v) is 2.07. The number of fused-ring (bicyclic) bond motifs is 1. The van der Waals surface area contributed by atoms with Crippen LogP contribution in [0.1, 0.15) is 0 Å². The van der Waals surface area contributed by atoms with Crippen molar-refractivity contribution in [3.8, 4) is 11.5 Å². The van der Waals surface area contributed by atoms with Gasteiger partial charge in [0.25, 0.3) is 0 Å². The second kappa shape index (κ2) is 5.95. The Hall–Kier alpha value is -3.90. The van der Waals surface area contributed by atoms with E-state index in [1.54, 1.807) is 0 Å². The molecular weight excluding hydrogens is 337 g/mol. The predicted octanol–water partition coefficient (Wildman–Crippen LogP) is 0.900. The first-order valence-corrected chi connectivity index (χ1v) is 6.60. The van der Waals surface area contributed by atoms with E-state index in [4.69, 9.17) is 11.5 Å². The van der Waals surface area contributed by atoms with Crippen molar-refractivity contribution in [2.75, 3.05) is 23.9 Å². The number of methoxy groups -OCH3 is 1. The molecule has 0 aliphatic carbocycles. The van der Waals surface area contributed by atoms with Gasteiger partial charge in [-0.2, -0.15) is 0 Å². The van der Waals surface area contributed by atoms with Gasteiger partial charge in [0.15, 0.2) is 23.1 Å². The van der Waals surface area contributed by atoms with Crippen LogP contribution in [0.5, 0.6) is 0 Å². The lowest BCUT2D eigenvalue weighted by atomic mass is 10.2. The van der Waals surface area contributed by atoms with Crippen LogP contribution >= 0.6 is 0 Å². The van der Waals surface area contributed by atoms with E-state index in [1.165, 1.54) is 0 Å². The van der Waals surface area contributed by atoms with E-state index < -0.39 is 11.9 Å². The zero-order valence-corrected chi connectivity index (χ0v) is 12.6. The quantitative estimate of drug-likeness (QED) is 0.581. The Morgan fingerprint density at radius 3 is 2.64 bits per heavy atom. The number of nitrogens with two attached hydrogens (primary N) is 2.